The Morgan fingerprint density at radius 3 is 2.50 bits per heavy atom. The maximum atomic E-state index is 10.3. The Hall–Kier alpha value is -2.02. The summed E-state index contributed by atoms with van der Waals surface area (Å²) in [6, 6.07) is 8.53. The molecule has 1 atom stereocenters. The van der Waals surface area contributed by atoms with E-state index in [4.69, 9.17) is 10.4 Å². The number of rotatable bonds is 2. The van der Waals surface area contributed by atoms with Crippen molar-refractivity contribution in [1.29, 1.82) is 5.26 Å². The molecule has 0 saturated heterocycles. The van der Waals surface area contributed by atoms with Gasteiger partial charge in [0.05, 0.1) is 17.7 Å². The van der Waals surface area contributed by atoms with Gasteiger partial charge in [-0.15, -0.1) is 0 Å². The molecule has 1 rings (SSSR count). The number of carboxylic acid groups (broad SMARTS) is 1. The minimum Gasteiger partial charge on any atom is -0.465 e. The van der Waals surface area contributed by atoms with E-state index < -0.39 is 6.09 Å². The second-order valence-corrected chi connectivity index (χ2v) is 2.90. The molecule has 0 aliphatic heterocycles. The number of nitriles is 1. The van der Waals surface area contributed by atoms with Crippen LogP contribution in [0.15, 0.2) is 24.3 Å². The Kier molecular flexibility index (Phi) is 3.08. The van der Waals surface area contributed by atoms with E-state index in [0.29, 0.717) is 5.56 Å². The summed E-state index contributed by atoms with van der Waals surface area (Å²) in [5.74, 6) is 0. The van der Waals surface area contributed by atoms with Crippen LogP contribution in [-0.4, -0.2) is 11.2 Å². The quantitative estimate of drug-likeness (QED) is 0.747. The Morgan fingerprint density at radius 1 is 1.50 bits per heavy atom. The molecule has 0 spiro atoms. The van der Waals surface area contributed by atoms with Gasteiger partial charge in [-0.05, 0) is 24.6 Å². The van der Waals surface area contributed by atoms with E-state index in [0.717, 1.165) is 5.56 Å². The van der Waals surface area contributed by atoms with Gasteiger partial charge >= 0.3 is 6.09 Å². The topological polar surface area (TPSA) is 73.1 Å². The minimum atomic E-state index is -1.05. The molecule has 0 aromatic heterocycles. The summed E-state index contributed by atoms with van der Waals surface area (Å²) >= 11 is 0. The van der Waals surface area contributed by atoms with E-state index in [2.05, 4.69) is 5.32 Å². The molecule has 4 heteroatoms. The third-order valence-corrected chi connectivity index (χ3v) is 1.88. The summed E-state index contributed by atoms with van der Waals surface area (Å²) in [6.07, 6.45) is -1.05. The summed E-state index contributed by atoms with van der Waals surface area (Å²) in [7, 11) is 0. The molecule has 1 aromatic carbocycles. The van der Waals surface area contributed by atoms with Crippen LogP contribution >= 0.6 is 0 Å². The molecular formula is C10H10N2O2. The smallest absolute Gasteiger partial charge is 0.405 e. The number of benzene rings is 1. The fourth-order valence-electron chi connectivity index (χ4n) is 1.11. The SMILES string of the molecule is C[C@H](NC(=O)O)c1ccc(C#N)cc1. The fourth-order valence-corrected chi connectivity index (χ4v) is 1.11. The predicted octanol–water partition coefficient (Wildman–Crippen LogP) is 1.89. The summed E-state index contributed by atoms with van der Waals surface area (Å²) in [4.78, 5) is 10.3. The number of amides is 1. The Labute approximate surface area is 81.8 Å². The van der Waals surface area contributed by atoms with Gasteiger partial charge in [-0.25, -0.2) is 4.79 Å². The maximum Gasteiger partial charge on any atom is 0.405 e. The fraction of sp³-hybridized carbons (Fsp3) is 0.200. The lowest BCUT2D eigenvalue weighted by atomic mass is 10.1. The molecule has 14 heavy (non-hydrogen) atoms. The largest absolute Gasteiger partial charge is 0.465 e. The van der Waals surface area contributed by atoms with Crippen molar-refractivity contribution in [3.05, 3.63) is 35.4 Å². The molecule has 1 aromatic rings. The first kappa shape index (κ1) is 10.1. The first-order valence-electron chi connectivity index (χ1n) is 4.13. The average molecular weight is 190 g/mol. The summed E-state index contributed by atoms with van der Waals surface area (Å²) in [6.45, 7) is 1.75. The third-order valence-electron chi connectivity index (χ3n) is 1.88. The molecule has 2 N–H and O–H groups in total. The summed E-state index contributed by atoms with van der Waals surface area (Å²) in [5, 5.41) is 19.4. The van der Waals surface area contributed by atoms with Gasteiger partial charge < -0.3 is 10.4 Å². The zero-order valence-corrected chi connectivity index (χ0v) is 7.69. The third kappa shape index (κ3) is 2.49. The second-order valence-electron chi connectivity index (χ2n) is 2.90. The van der Waals surface area contributed by atoms with E-state index in [9.17, 15) is 4.79 Å². The maximum absolute atomic E-state index is 10.3. The highest BCUT2D eigenvalue weighted by Gasteiger charge is 2.07. The molecule has 0 fully saturated rings. The Bertz CT molecular complexity index is 365. The van der Waals surface area contributed by atoms with Crippen molar-refractivity contribution in [2.45, 2.75) is 13.0 Å². The van der Waals surface area contributed by atoms with Gasteiger partial charge in [-0.1, -0.05) is 12.1 Å². The standard InChI is InChI=1S/C10H10N2O2/c1-7(12-10(13)14)9-4-2-8(6-11)3-5-9/h2-5,7,12H,1H3,(H,13,14)/t7-/m0/s1. The Morgan fingerprint density at radius 2 is 2.07 bits per heavy atom. The lowest BCUT2D eigenvalue weighted by molar-refractivity contribution is 0.191. The van der Waals surface area contributed by atoms with E-state index in [-0.39, 0.29) is 6.04 Å². The molecule has 0 aliphatic rings. The van der Waals surface area contributed by atoms with Gasteiger partial charge in [0, 0.05) is 0 Å². The van der Waals surface area contributed by atoms with Crippen molar-refractivity contribution < 1.29 is 9.90 Å². The van der Waals surface area contributed by atoms with Crippen molar-refractivity contribution in [3.8, 4) is 6.07 Å². The summed E-state index contributed by atoms with van der Waals surface area (Å²) in [5.41, 5.74) is 1.41. The number of hydrogen-bond donors (Lipinski definition) is 2. The normalized spacial score (nSPS) is 11.4. The Balaban J connectivity index is 2.77. The molecule has 0 heterocycles. The van der Waals surface area contributed by atoms with Crippen molar-refractivity contribution in [2.24, 2.45) is 0 Å². The minimum absolute atomic E-state index is 0.264. The van der Waals surface area contributed by atoms with Crippen LogP contribution in [0, 0.1) is 11.3 Å². The zero-order chi connectivity index (χ0) is 10.6. The highest BCUT2D eigenvalue weighted by atomic mass is 16.4. The van der Waals surface area contributed by atoms with Crippen LogP contribution < -0.4 is 5.32 Å². The van der Waals surface area contributed by atoms with Crippen molar-refractivity contribution in [2.75, 3.05) is 0 Å². The van der Waals surface area contributed by atoms with Crippen LogP contribution in [0.5, 0.6) is 0 Å². The van der Waals surface area contributed by atoms with Gasteiger partial charge in [-0.2, -0.15) is 5.26 Å². The molecule has 0 bridgehead atoms. The first-order chi connectivity index (χ1) is 6.63. The lowest BCUT2D eigenvalue weighted by Gasteiger charge is -2.11. The molecule has 0 aliphatic carbocycles. The zero-order valence-electron chi connectivity index (χ0n) is 7.69. The average Bonchev–Trinajstić information content (AvgIpc) is 2.17. The van der Waals surface area contributed by atoms with Crippen molar-refractivity contribution in [3.63, 3.8) is 0 Å². The molecule has 72 valence electrons. The molecule has 1 amide bonds. The second kappa shape index (κ2) is 4.28. The van der Waals surface area contributed by atoms with Crippen LogP contribution in [0.4, 0.5) is 4.79 Å². The van der Waals surface area contributed by atoms with Gasteiger partial charge in [0.25, 0.3) is 0 Å². The van der Waals surface area contributed by atoms with E-state index in [1.807, 2.05) is 6.07 Å². The lowest BCUT2D eigenvalue weighted by Crippen LogP contribution is -2.24. The van der Waals surface area contributed by atoms with Gasteiger partial charge in [0.2, 0.25) is 0 Å². The molecule has 4 nitrogen and oxygen atoms in total. The highest BCUT2D eigenvalue weighted by molar-refractivity contribution is 5.65. The molecular weight excluding hydrogens is 180 g/mol. The van der Waals surface area contributed by atoms with Crippen LogP contribution in [0.2, 0.25) is 0 Å². The van der Waals surface area contributed by atoms with E-state index >= 15 is 0 Å². The van der Waals surface area contributed by atoms with Crippen LogP contribution in [0.3, 0.4) is 0 Å². The van der Waals surface area contributed by atoms with Crippen LogP contribution in [-0.2, 0) is 0 Å². The van der Waals surface area contributed by atoms with Crippen LogP contribution in [0.25, 0.3) is 0 Å². The monoisotopic (exact) mass is 190 g/mol. The van der Waals surface area contributed by atoms with Crippen LogP contribution in [0.1, 0.15) is 24.1 Å². The number of carbonyl (C=O) groups is 1. The molecule has 0 radical (unpaired) electrons. The van der Waals surface area contributed by atoms with Crippen molar-refractivity contribution >= 4 is 6.09 Å². The predicted molar refractivity (Wildman–Crippen MR) is 50.7 cm³/mol. The van der Waals surface area contributed by atoms with Crippen molar-refractivity contribution in [1.82, 2.24) is 5.32 Å². The number of nitrogens with one attached hydrogen (secondary N) is 1. The molecule has 0 saturated carbocycles. The summed E-state index contributed by atoms with van der Waals surface area (Å²) < 4.78 is 0. The van der Waals surface area contributed by atoms with Gasteiger partial charge in [0.1, 0.15) is 0 Å². The van der Waals surface area contributed by atoms with E-state index in [1.165, 1.54) is 0 Å². The van der Waals surface area contributed by atoms with Gasteiger partial charge in [0.15, 0.2) is 0 Å². The highest BCUT2D eigenvalue weighted by Crippen LogP contribution is 2.12. The molecule has 0 unspecified atom stereocenters. The number of nitrogens with zero attached hydrogens (tertiary/aromatic N) is 1. The number of hydrogen-bond acceptors (Lipinski definition) is 2. The van der Waals surface area contributed by atoms with Gasteiger partial charge in [-0.3, -0.25) is 0 Å². The van der Waals surface area contributed by atoms with E-state index in [1.54, 1.807) is 31.2 Å². The first-order valence-corrected chi connectivity index (χ1v) is 4.13.